The van der Waals surface area contributed by atoms with Gasteiger partial charge in [0.2, 0.25) is 0 Å². The maximum Gasteiger partial charge on any atom is 0.0917 e. The van der Waals surface area contributed by atoms with Gasteiger partial charge in [-0.25, -0.2) is 0 Å². The van der Waals surface area contributed by atoms with E-state index in [0.29, 0.717) is 6.61 Å². The van der Waals surface area contributed by atoms with Gasteiger partial charge in [0.1, 0.15) is 0 Å². The van der Waals surface area contributed by atoms with E-state index in [9.17, 15) is 0 Å². The average Bonchev–Trinajstić information content (AvgIpc) is 1.79. The van der Waals surface area contributed by atoms with Crippen molar-refractivity contribution >= 4 is 18.9 Å². The molecule has 0 bridgehead atoms. The molecule has 0 aromatic rings. The summed E-state index contributed by atoms with van der Waals surface area (Å²) in [5.41, 5.74) is -0.559. The minimum Gasteiger partial charge on any atom is -0.370 e. The van der Waals surface area contributed by atoms with E-state index < -0.39 is 0 Å². The second kappa shape index (κ2) is 3.59. The third kappa shape index (κ3) is 2.73. The van der Waals surface area contributed by atoms with Gasteiger partial charge < -0.3 is 9.47 Å². The van der Waals surface area contributed by atoms with Crippen molar-refractivity contribution < 1.29 is 9.47 Å². The molecule has 1 aliphatic rings. The van der Waals surface area contributed by atoms with Crippen LogP contribution in [0.1, 0.15) is 41.5 Å². The molecule has 1 fully saturated rings. The molecule has 13 heavy (non-hydrogen) atoms. The van der Waals surface area contributed by atoms with Crippen molar-refractivity contribution in [2.24, 2.45) is 0 Å². The van der Waals surface area contributed by atoms with Gasteiger partial charge in [-0.3, -0.25) is 0 Å². The minimum absolute atomic E-state index is 0. The minimum atomic E-state index is -0.214. The standard InChI is InChI=1S/C10H20O2.Li/c1-8(2)7-11-9(3,4)10(5,6)12-8;/h7H2,1-6H3;. The molecule has 1 radical (unpaired) electrons. The molecule has 3 heteroatoms. The molecule has 0 aliphatic carbocycles. The van der Waals surface area contributed by atoms with E-state index in [4.69, 9.17) is 9.47 Å². The van der Waals surface area contributed by atoms with Crippen LogP contribution in [0.3, 0.4) is 0 Å². The Bertz CT molecular complexity index is 185. The van der Waals surface area contributed by atoms with Crippen molar-refractivity contribution in [1.82, 2.24) is 0 Å². The Morgan fingerprint density at radius 2 is 1.31 bits per heavy atom. The summed E-state index contributed by atoms with van der Waals surface area (Å²) in [6.45, 7) is 13.1. The summed E-state index contributed by atoms with van der Waals surface area (Å²) in [5.74, 6) is 0. The Morgan fingerprint density at radius 3 is 1.62 bits per heavy atom. The topological polar surface area (TPSA) is 18.5 Å². The maximum atomic E-state index is 5.95. The Hall–Kier alpha value is 0.517. The van der Waals surface area contributed by atoms with Crippen LogP contribution in [0.15, 0.2) is 0 Å². The van der Waals surface area contributed by atoms with E-state index in [1.54, 1.807) is 0 Å². The van der Waals surface area contributed by atoms with E-state index in [2.05, 4.69) is 41.5 Å². The van der Waals surface area contributed by atoms with Crippen molar-refractivity contribution in [3.05, 3.63) is 0 Å². The third-order valence-corrected chi connectivity index (χ3v) is 2.76. The summed E-state index contributed by atoms with van der Waals surface area (Å²) in [5, 5.41) is 0. The molecule has 0 spiro atoms. The first-order valence-electron chi connectivity index (χ1n) is 4.50. The van der Waals surface area contributed by atoms with Crippen LogP contribution in [0.4, 0.5) is 0 Å². The van der Waals surface area contributed by atoms with Crippen molar-refractivity contribution in [2.45, 2.75) is 58.3 Å². The normalized spacial score (nSPS) is 29.1. The molecule has 0 atom stereocenters. The molecule has 73 valence electrons. The van der Waals surface area contributed by atoms with E-state index >= 15 is 0 Å². The molecule has 0 aromatic carbocycles. The molecule has 0 aromatic heterocycles. The quantitative estimate of drug-likeness (QED) is 0.529. The van der Waals surface area contributed by atoms with Crippen molar-refractivity contribution in [1.29, 1.82) is 0 Å². The SMILES string of the molecule is CC1(C)COC(C)(C)C(C)(C)O1.[Li]. The van der Waals surface area contributed by atoms with Gasteiger partial charge in [0.15, 0.2) is 0 Å². The molecule has 0 amide bonds. The molecule has 0 unspecified atom stereocenters. The van der Waals surface area contributed by atoms with Gasteiger partial charge in [0.25, 0.3) is 0 Å². The first-order valence-corrected chi connectivity index (χ1v) is 4.50. The van der Waals surface area contributed by atoms with E-state index in [1.165, 1.54) is 0 Å². The van der Waals surface area contributed by atoms with Gasteiger partial charge >= 0.3 is 0 Å². The van der Waals surface area contributed by atoms with Crippen LogP contribution in [0, 0.1) is 0 Å². The summed E-state index contributed by atoms with van der Waals surface area (Å²) >= 11 is 0. The van der Waals surface area contributed by atoms with Crippen LogP contribution in [0.25, 0.3) is 0 Å². The average molecular weight is 179 g/mol. The zero-order valence-corrected chi connectivity index (χ0v) is 10.0. The molecule has 1 saturated heterocycles. The smallest absolute Gasteiger partial charge is 0.0917 e. The van der Waals surface area contributed by atoms with Gasteiger partial charge in [0.05, 0.1) is 23.4 Å². The maximum absolute atomic E-state index is 5.95. The molecule has 0 saturated carbocycles. The Balaban J connectivity index is 0.00000144. The molecule has 1 rings (SSSR count). The van der Waals surface area contributed by atoms with Crippen LogP contribution in [0.2, 0.25) is 0 Å². The number of hydrogen-bond acceptors (Lipinski definition) is 2. The Labute approximate surface area is 93.5 Å². The number of ether oxygens (including phenoxy) is 2. The van der Waals surface area contributed by atoms with E-state index in [0.717, 1.165) is 0 Å². The molecule has 1 heterocycles. The van der Waals surface area contributed by atoms with Crippen LogP contribution < -0.4 is 0 Å². The van der Waals surface area contributed by atoms with Gasteiger partial charge in [-0.05, 0) is 41.5 Å². The van der Waals surface area contributed by atoms with Crippen molar-refractivity contribution in [3.8, 4) is 0 Å². The Kier molecular flexibility index (Phi) is 3.73. The van der Waals surface area contributed by atoms with E-state index in [1.807, 2.05) is 0 Å². The summed E-state index contributed by atoms with van der Waals surface area (Å²) in [6.07, 6.45) is 0. The number of hydrogen-bond donors (Lipinski definition) is 0. The van der Waals surface area contributed by atoms with Crippen LogP contribution in [-0.2, 0) is 9.47 Å². The molecule has 0 N–H and O–H groups in total. The zero-order valence-electron chi connectivity index (χ0n) is 10.0. The van der Waals surface area contributed by atoms with Crippen LogP contribution >= 0.6 is 0 Å². The van der Waals surface area contributed by atoms with Gasteiger partial charge in [-0.15, -0.1) is 0 Å². The Morgan fingerprint density at radius 1 is 0.846 bits per heavy atom. The molecule has 2 nitrogen and oxygen atoms in total. The summed E-state index contributed by atoms with van der Waals surface area (Å²) in [4.78, 5) is 0. The van der Waals surface area contributed by atoms with Crippen molar-refractivity contribution in [3.63, 3.8) is 0 Å². The summed E-state index contributed by atoms with van der Waals surface area (Å²) in [7, 11) is 0. The first kappa shape index (κ1) is 13.5. The summed E-state index contributed by atoms with van der Waals surface area (Å²) < 4.78 is 11.7. The predicted octanol–water partition coefficient (Wildman–Crippen LogP) is 1.99. The first-order chi connectivity index (χ1) is 5.16. The fourth-order valence-electron chi connectivity index (χ4n) is 1.37. The third-order valence-electron chi connectivity index (χ3n) is 2.76. The fraction of sp³-hybridized carbons (Fsp3) is 1.00. The fourth-order valence-corrected chi connectivity index (χ4v) is 1.37. The van der Waals surface area contributed by atoms with Gasteiger partial charge in [-0.2, -0.15) is 0 Å². The molecular formula is C10H20LiO2. The van der Waals surface area contributed by atoms with Crippen LogP contribution in [0.5, 0.6) is 0 Å². The van der Waals surface area contributed by atoms with Crippen LogP contribution in [-0.4, -0.2) is 42.3 Å². The second-order valence-corrected chi connectivity index (χ2v) is 5.17. The molecular weight excluding hydrogens is 159 g/mol. The molecule has 1 aliphatic heterocycles. The largest absolute Gasteiger partial charge is 0.370 e. The van der Waals surface area contributed by atoms with Crippen molar-refractivity contribution in [2.75, 3.05) is 6.61 Å². The van der Waals surface area contributed by atoms with Gasteiger partial charge in [0, 0.05) is 18.9 Å². The van der Waals surface area contributed by atoms with Gasteiger partial charge in [-0.1, -0.05) is 0 Å². The monoisotopic (exact) mass is 179 g/mol. The zero-order chi connectivity index (χ0) is 9.62. The predicted molar refractivity (Wildman–Crippen MR) is 55.0 cm³/mol. The summed E-state index contributed by atoms with van der Waals surface area (Å²) in [6, 6.07) is 0. The van der Waals surface area contributed by atoms with E-state index in [-0.39, 0.29) is 35.7 Å². The second-order valence-electron chi connectivity index (χ2n) is 5.17. The number of rotatable bonds is 0.